The van der Waals surface area contributed by atoms with Crippen LogP contribution in [0.2, 0.25) is 0 Å². The number of hydrogen-bond donors (Lipinski definition) is 1. The average molecular weight is 220 g/mol. The smallest absolute Gasteiger partial charge is 0.213 e. The Kier molecular flexibility index (Phi) is 3.36. The molecule has 0 aliphatic carbocycles. The minimum atomic E-state index is 0.372. The van der Waals surface area contributed by atoms with E-state index < -0.39 is 0 Å². The van der Waals surface area contributed by atoms with Crippen LogP contribution in [0.4, 0.5) is 0 Å². The predicted octanol–water partition coefficient (Wildman–Crippen LogP) is 1.59. The minimum Gasteiger partial charge on any atom is -0.346 e. The number of nitrogens with one attached hydrogen (secondary N) is 1. The first-order valence-corrected chi connectivity index (χ1v) is 5.44. The second-order valence-electron chi connectivity index (χ2n) is 3.74. The largest absolute Gasteiger partial charge is 0.346 e. The Morgan fingerprint density at radius 3 is 3.12 bits per heavy atom. The van der Waals surface area contributed by atoms with Gasteiger partial charge in [0, 0.05) is 18.4 Å². The Hall–Kier alpha value is -1.62. The van der Waals surface area contributed by atoms with Crippen molar-refractivity contribution in [2.45, 2.75) is 26.4 Å². The lowest BCUT2D eigenvalue weighted by atomic mass is 10.2. The number of nitrogens with zero attached hydrogens (tertiary/aromatic N) is 3. The van der Waals surface area contributed by atoms with Gasteiger partial charge in [-0.3, -0.25) is 0 Å². The van der Waals surface area contributed by atoms with E-state index in [1.807, 2.05) is 10.8 Å². The van der Waals surface area contributed by atoms with Gasteiger partial charge in [0.15, 0.2) is 5.82 Å². The molecule has 0 fully saturated rings. The van der Waals surface area contributed by atoms with Crippen molar-refractivity contribution in [3.05, 3.63) is 36.2 Å². The molecular weight excluding hydrogens is 204 g/mol. The molecule has 2 heterocycles. The fraction of sp³-hybridized carbons (Fsp3) is 0.455. The van der Waals surface area contributed by atoms with Gasteiger partial charge in [-0.25, -0.2) is 0 Å². The van der Waals surface area contributed by atoms with Crippen molar-refractivity contribution in [2.75, 3.05) is 6.54 Å². The lowest BCUT2D eigenvalue weighted by Gasteiger charge is -2.09. The summed E-state index contributed by atoms with van der Waals surface area (Å²) < 4.78 is 6.74. The summed E-state index contributed by atoms with van der Waals surface area (Å²) in [7, 11) is 0. The van der Waals surface area contributed by atoms with Gasteiger partial charge in [0.1, 0.15) is 0 Å². The molecule has 0 spiro atoms. The molecule has 0 amide bonds. The maximum absolute atomic E-state index is 4.69. The van der Waals surface area contributed by atoms with Crippen molar-refractivity contribution >= 4 is 0 Å². The summed E-state index contributed by atoms with van der Waals surface area (Å²) >= 11 is 0. The molecule has 0 saturated heterocycles. The summed E-state index contributed by atoms with van der Waals surface area (Å²) in [5.41, 5.74) is 1.27. The van der Waals surface area contributed by atoms with Gasteiger partial charge < -0.3 is 14.4 Å². The molecule has 2 aromatic rings. The molecule has 86 valence electrons. The third kappa shape index (κ3) is 2.49. The quantitative estimate of drug-likeness (QED) is 0.831. The van der Waals surface area contributed by atoms with Gasteiger partial charge in [-0.05, 0) is 25.1 Å². The Labute approximate surface area is 94.5 Å². The lowest BCUT2D eigenvalue weighted by Crippen LogP contribution is -2.17. The molecule has 0 aliphatic rings. The lowest BCUT2D eigenvalue weighted by molar-refractivity contribution is 0.408. The van der Waals surface area contributed by atoms with E-state index >= 15 is 0 Å². The molecular formula is C11H16N4O. The Morgan fingerprint density at radius 2 is 2.44 bits per heavy atom. The number of aromatic nitrogens is 3. The van der Waals surface area contributed by atoms with Crippen LogP contribution in [-0.4, -0.2) is 21.3 Å². The van der Waals surface area contributed by atoms with Crippen molar-refractivity contribution in [3.63, 3.8) is 0 Å². The molecule has 2 aromatic heterocycles. The summed E-state index contributed by atoms with van der Waals surface area (Å²) in [6.45, 7) is 5.87. The second kappa shape index (κ2) is 4.94. The first kappa shape index (κ1) is 10.9. The zero-order valence-electron chi connectivity index (χ0n) is 9.55. The summed E-state index contributed by atoms with van der Waals surface area (Å²) in [5, 5.41) is 7.15. The summed E-state index contributed by atoms with van der Waals surface area (Å²) in [6.07, 6.45) is 5.48. The molecule has 0 aliphatic heterocycles. The van der Waals surface area contributed by atoms with Crippen molar-refractivity contribution < 1.29 is 4.52 Å². The van der Waals surface area contributed by atoms with Crippen LogP contribution in [0.5, 0.6) is 0 Å². The molecule has 1 atom stereocenters. The third-order valence-corrected chi connectivity index (χ3v) is 2.51. The molecule has 0 aromatic carbocycles. The van der Waals surface area contributed by atoms with Crippen molar-refractivity contribution in [1.82, 2.24) is 20.0 Å². The van der Waals surface area contributed by atoms with Gasteiger partial charge in [0.2, 0.25) is 6.39 Å². The van der Waals surface area contributed by atoms with E-state index in [4.69, 9.17) is 4.52 Å². The van der Waals surface area contributed by atoms with E-state index in [2.05, 4.69) is 41.6 Å². The topological polar surface area (TPSA) is 55.9 Å². The van der Waals surface area contributed by atoms with E-state index in [9.17, 15) is 0 Å². The highest BCUT2D eigenvalue weighted by Gasteiger charge is 2.06. The molecule has 0 saturated carbocycles. The molecule has 0 radical (unpaired) electrons. The predicted molar refractivity (Wildman–Crippen MR) is 59.9 cm³/mol. The number of rotatable bonds is 5. The van der Waals surface area contributed by atoms with Crippen molar-refractivity contribution in [3.8, 4) is 0 Å². The molecule has 5 nitrogen and oxygen atoms in total. The number of hydrogen-bond acceptors (Lipinski definition) is 4. The zero-order chi connectivity index (χ0) is 11.4. The highest BCUT2D eigenvalue weighted by atomic mass is 16.5. The molecule has 1 unspecified atom stereocenters. The molecule has 0 bridgehead atoms. The van der Waals surface area contributed by atoms with Crippen LogP contribution >= 0.6 is 0 Å². The average Bonchev–Trinajstić information content (AvgIpc) is 2.90. The first-order valence-electron chi connectivity index (χ1n) is 5.44. The van der Waals surface area contributed by atoms with Crippen LogP contribution in [-0.2, 0) is 6.54 Å². The standard InChI is InChI=1S/C11H16N4O/c1-3-12-9(2)10-4-5-15(6-10)7-11-13-8-16-14-11/h4-6,8-9,12H,3,7H2,1-2H3. The summed E-state index contributed by atoms with van der Waals surface area (Å²) in [5.74, 6) is 0.693. The highest BCUT2D eigenvalue weighted by molar-refractivity contribution is 5.15. The SMILES string of the molecule is CCNC(C)c1ccn(Cc2ncon2)c1. The molecule has 5 heteroatoms. The van der Waals surface area contributed by atoms with E-state index in [0.717, 1.165) is 6.54 Å². The molecule has 2 rings (SSSR count). The maximum atomic E-state index is 4.69. The van der Waals surface area contributed by atoms with Gasteiger partial charge in [0.05, 0.1) is 6.54 Å². The van der Waals surface area contributed by atoms with Crippen LogP contribution in [0.1, 0.15) is 31.3 Å². The maximum Gasteiger partial charge on any atom is 0.213 e. The van der Waals surface area contributed by atoms with Gasteiger partial charge >= 0.3 is 0 Å². The van der Waals surface area contributed by atoms with Gasteiger partial charge in [-0.2, -0.15) is 4.98 Å². The van der Waals surface area contributed by atoms with E-state index in [1.165, 1.54) is 12.0 Å². The minimum absolute atomic E-state index is 0.372. The Balaban J connectivity index is 2.02. The fourth-order valence-electron chi connectivity index (χ4n) is 1.66. The van der Waals surface area contributed by atoms with Crippen LogP contribution in [0, 0.1) is 0 Å². The first-order chi connectivity index (χ1) is 7.79. The van der Waals surface area contributed by atoms with Gasteiger partial charge in [-0.15, -0.1) is 0 Å². The monoisotopic (exact) mass is 220 g/mol. The van der Waals surface area contributed by atoms with Crippen LogP contribution in [0.3, 0.4) is 0 Å². The molecule has 1 N–H and O–H groups in total. The summed E-state index contributed by atoms with van der Waals surface area (Å²) in [6, 6.07) is 2.48. The Bertz CT molecular complexity index is 421. The van der Waals surface area contributed by atoms with Crippen LogP contribution in [0.15, 0.2) is 29.4 Å². The second-order valence-corrected chi connectivity index (χ2v) is 3.74. The van der Waals surface area contributed by atoms with Crippen molar-refractivity contribution in [2.24, 2.45) is 0 Å². The van der Waals surface area contributed by atoms with Gasteiger partial charge in [-0.1, -0.05) is 12.1 Å². The highest BCUT2D eigenvalue weighted by Crippen LogP contribution is 2.12. The van der Waals surface area contributed by atoms with Crippen LogP contribution < -0.4 is 5.32 Å². The normalized spacial score (nSPS) is 12.9. The fourth-order valence-corrected chi connectivity index (χ4v) is 1.66. The van der Waals surface area contributed by atoms with E-state index in [1.54, 1.807) is 0 Å². The van der Waals surface area contributed by atoms with E-state index in [-0.39, 0.29) is 0 Å². The van der Waals surface area contributed by atoms with Crippen molar-refractivity contribution in [1.29, 1.82) is 0 Å². The van der Waals surface area contributed by atoms with Gasteiger partial charge in [0.25, 0.3) is 0 Å². The summed E-state index contributed by atoms with van der Waals surface area (Å²) in [4.78, 5) is 3.99. The zero-order valence-corrected chi connectivity index (χ0v) is 9.55. The third-order valence-electron chi connectivity index (χ3n) is 2.51. The van der Waals surface area contributed by atoms with Crippen LogP contribution in [0.25, 0.3) is 0 Å². The molecule has 16 heavy (non-hydrogen) atoms. The Morgan fingerprint density at radius 1 is 1.56 bits per heavy atom. The van der Waals surface area contributed by atoms with E-state index in [0.29, 0.717) is 18.4 Å².